The number of nitrogens with zero attached hydrogens (tertiary/aromatic N) is 4. The molecule has 2 aromatic carbocycles. The van der Waals surface area contributed by atoms with Gasteiger partial charge in [-0.05, 0) is 42.0 Å². The van der Waals surface area contributed by atoms with Gasteiger partial charge >= 0.3 is 0 Å². The molecule has 0 amide bonds. The van der Waals surface area contributed by atoms with Crippen molar-refractivity contribution in [1.29, 1.82) is 0 Å². The van der Waals surface area contributed by atoms with E-state index < -0.39 is 0 Å². The fraction of sp³-hybridized carbons (Fsp3) is 0.263. The summed E-state index contributed by atoms with van der Waals surface area (Å²) in [6, 6.07) is 15.7. The first-order chi connectivity index (χ1) is 12.7. The molecule has 1 unspecified atom stereocenters. The van der Waals surface area contributed by atoms with E-state index in [1.807, 2.05) is 59.4 Å². The van der Waals surface area contributed by atoms with E-state index in [1.54, 1.807) is 7.11 Å². The quantitative estimate of drug-likeness (QED) is 0.687. The minimum Gasteiger partial charge on any atom is -0.497 e. The average Bonchev–Trinajstić information content (AvgIpc) is 3.33. The van der Waals surface area contributed by atoms with Gasteiger partial charge in [-0.2, -0.15) is 0 Å². The second-order valence-electron chi connectivity index (χ2n) is 6.08. The second kappa shape index (κ2) is 7.35. The van der Waals surface area contributed by atoms with Gasteiger partial charge in [0.15, 0.2) is 6.23 Å². The lowest BCUT2D eigenvalue weighted by Gasteiger charge is -2.23. The number of hydrogen-bond acceptors (Lipinski definition) is 5. The van der Waals surface area contributed by atoms with Gasteiger partial charge in [0.2, 0.25) is 0 Å². The van der Waals surface area contributed by atoms with Crippen molar-refractivity contribution in [1.82, 2.24) is 15.0 Å². The summed E-state index contributed by atoms with van der Waals surface area (Å²) in [5.41, 5.74) is 2.98. The first-order valence-electron chi connectivity index (χ1n) is 8.40. The molecule has 0 aliphatic carbocycles. The Morgan fingerprint density at radius 3 is 2.65 bits per heavy atom. The van der Waals surface area contributed by atoms with E-state index in [0.717, 1.165) is 34.3 Å². The summed E-state index contributed by atoms with van der Waals surface area (Å²) in [7, 11) is 1.66. The third kappa shape index (κ3) is 3.52. The zero-order valence-electron chi connectivity index (χ0n) is 14.4. The van der Waals surface area contributed by atoms with Crippen LogP contribution in [0.5, 0.6) is 5.75 Å². The Bertz CT molecular complexity index is 864. The number of halogens is 1. The van der Waals surface area contributed by atoms with Crippen LogP contribution >= 0.6 is 11.6 Å². The zero-order valence-corrected chi connectivity index (χ0v) is 15.1. The van der Waals surface area contributed by atoms with Crippen LogP contribution in [0, 0.1) is 0 Å². The third-order valence-electron chi connectivity index (χ3n) is 4.36. The van der Waals surface area contributed by atoms with E-state index in [1.165, 1.54) is 0 Å². The van der Waals surface area contributed by atoms with E-state index in [-0.39, 0.29) is 6.23 Å². The number of methoxy groups -OCH3 is 1. The number of aromatic nitrogens is 3. The molecule has 4 rings (SSSR count). The smallest absolute Gasteiger partial charge is 0.177 e. The molecule has 3 aromatic rings. The molecule has 0 saturated carbocycles. The normalized spacial score (nSPS) is 16.8. The Balaban J connectivity index is 1.51. The first kappa shape index (κ1) is 16.9. The topological polar surface area (TPSA) is 52.4 Å². The molecule has 0 spiro atoms. The summed E-state index contributed by atoms with van der Waals surface area (Å²) < 4.78 is 12.9. The molecule has 26 heavy (non-hydrogen) atoms. The van der Waals surface area contributed by atoms with Gasteiger partial charge in [-0.1, -0.05) is 28.9 Å². The standard InChI is InChI=1S/C19H19ClN4O2/c1-25-17-8-6-16(7-9-17)24-10-11-26-19(24)18-13-23(22-21-18)12-14-2-4-15(20)5-3-14/h2-9,13,19H,10-12H2,1H3. The molecule has 7 heteroatoms. The molecule has 134 valence electrons. The van der Waals surface area contributed by atoms with Gasteiger partial charge in [0, 0.05) is 17.3 Å². The zero-order chi connectivity index (χ0) is 17.9. The van der Waals surface area contributed by atoms with Crippen molar-refractivity contribution < 1.29 is 9.47 Å². The highest BCUT2D eigenvalue weighted by Crippen LogP contribution is 2.32. The summed E-state index contributed by atoms with van der Waals surface area (Å²) in [5.74, 6) is 0.833. The number of ether oxygens (including phenoxy) is 2. The lowest BCUT2D eigenvalue weighted by molar-refractivity contribution is 0.110. The van der Waals surface area contributed by atoms with Crippen molar-refractivity contribution in [3.8, 4) is 5.75 Å². The molecule has 2 heterocycles. The maximum absolute atomic E-state index is 5.93. The van der Waals surface area contributed by atoms with Gasteiger partial charge in [0.25, 0.3) is 0 Å². The van der Waals surface area contributed by atoms with Crippen molar-refractivity contribution >= 4 is 17.3 Å². The molecule has 6 nitrogen and oxygen atoms in total. The SMILES string of the molecule is COc1ccc(N2CCOC2c2cn(Cc3ccc(Cl)cc3)nn2)cc1. The minimum absolute atomic E-state index is 0.234. The van der Waals surface area contributed by atoms with Crippen LogP contribution in [0.15, 0.2) is 54.7 Å². The monoisotopic (exact) mass is 370 g/mol. The van der Waals surface area contributed by atoms with Crippen LogP contribution in [-0.2, 0) is 11.3 Å². The molecule has 1 saturated heterocycles. The molecule has 0 radical (unpaired) electrons. The van der Waals surface area contributed by atoms with E-state index in [4.69, 9.17) is 21.1 Å². The third-order valence-corrected chi connectivity index (χ3v) is 4.61. The number of anilines is 1. The molecule has 0 N–H and O–H groups in total. The van der Waals surface area contributed by atoms with Crippen molar-refractivity contribution in [2.24, 2.45) is 0 Å². The Morgan fingerprint density at radius 2 is 1.92 bits per heavy atom. The van der Waals surface area contributed by atoms with Crippen LogP contribution < -0.4 is 9.64 Å². The molecule has 1 fully saturated rings. The fourth-order valence-corrected chi connectivity index (χ4v) is 3.16. The Morgan fingerprint density at radius 1 is 1.15 bits per heavy atom. The highest BCUT2D eigenvalue weighted by Gasteiger charge is 2.29. The predicted octanol–water partition coefficient (Wildman–Crippen LogP) is 3.52. The predicted molar refractivity (Wildman–Crippen MR) is 99.6 cm³/mol. The second-order valence-corrected chi connectivity index (χ2v) is 6.52. The van der Waals surface area contributed by atoms with Gasteiger partial charge in [0.05, 0.1) is 26.5 Å². The van der Waals surface area contributed by atoms with Gasteiger partial charge in [-0.15, -0.1) is 5.10 Å². The van der Waals surface area contributed by atoms with Gasteiger partial charge in [-0.3, -0.25) is 0 Å². The van der Waals surface area contributed by atoms with Crippen LogP contribution in [0.1, 0.15) is 17.5 Å². The minimum atomic E-state index is -0.234. The van der Waals surface area contributed by atoms with Crippen molar-refractivity contribution in [2.45, 2.75) is 12.8 Å². The summed E-state index contributed by atoms with van der Waals surface area (Å²) in [4.78, 5) is 2.18. The highest BCUT2D eigenvalue weighted by molar-refractivity contribution is 6.30. The molecule has 1 aromatic heterocycles. The summed E-state index contributed by atoms with van der Waals surface area (Å²) in [5, 5.41) is 9.28. The molecule has 0 bridgehead atoms. The molecule has 1 atom stereocenters. The van der Waals surface area contributed by atoms with Crippen LogP contribution in [-0.4, -0.2) is 35.3 Å². The molecular weight excluding hydrogens is 352 g/mol. The fourth-order valence-electron chi connectivity index (χ4n) is 3.03. The number of benzene rings is 2. The van der Waals surface area contributed by atoms with E-state index >= 15 is 0 Å². The van der Waals surface area contributed by atoms with Crippen LogP contribution in [0.25, 0.3) is 0 Å². The van der Waals surface area contributed by atoms with E-state index in [9.17, 15) is 0 Å². The Hall–Kier alpha value is -2.57. The van der Waals surface area contributed by atoms with E-state index in [0.29, 0.717) is 13.2 Å². The Labute approximate surface area is 156 Å². The molecule has 1 aliphatic heterocycles. The van der Waals surface area contributed by atoms with Crippen molar-refractivity contribution in [3.05, 3.63) is 71.0 Å². The molecular formula is C19H19ClN4O2. The summed E-state index contributed by atoms with van der Waals surface area (Å²) in [6.45, 7) is 2.10. The largest absolute Gasteiger partial charge is 0.497 e. The number of hydrogen-bond donors (Lipinski definition) is 0. The van der Waals surface area contributed by atoms with Gasteiger partial charge < -0.3 is 14.4 Å². The highest BCUT2D eigenvalue weighted by atomic mass is 35.5. The maximum Gasteiger partial charge on any atom is 0.177 e. The van der Waals surface area contributed by atoms with Crippen molar-refractivity contribution in [3.63, 3.8) is 0 Å². The van der Waals surface area contributed by atoms with Crippen molar-refractivity contribution in [2.75, 3.05) is 25.2 Å². The first-order valence-corrected chi connectivity index (χ1v) is 8.77. The van der Waals surface area contributed by atoms with Crippen LogP contribution in [0.2, 0.25) is 5.02 Å². The maximum atomic E-state index is 5.93. The molecule has 1 aliphatic rings. The lowest BCUT2D eigenvalue weighted by atomic mass is 10.2. The van der Waals surface area contributed by atoms with Gasteiger partial charge in [-0.25, -0.2) is 4.68 Å². The van der Waals surface area contributed by atoms with Crippen LogP contribution in [0.3, 0.4) is 0 Å². The lowest BCUT2D eigenvalue weighted by Crippen LogP contribution is -2.23. The van der Waals surface area contributed by atoms with Crippen LogP contribution in [0.4, 0.5) is 5.69 Å². The summed E-state index contributed by atoms with van der Waals surface area (Å²) in [6.07, 6.45) is 1.70. The number of rotatable bonds is 5. The van der Waals surface area contributed by atoms with E-state index in [2.05, 4.69) is 15.2 Å². The summed E-state index contributed by atoms with van der Waals surface area (Å²) >= 11 is 5.93. The Kier molecular flexibility index (Phi) is 4.77. The van der Waals surface area contributed by atoms with Gasteiger partial charge in [0.1, 0.15) is 11.4 Å². The average molecular weight is 371 g/mol.